The summed E-state index contributed by atoms with van der Waals surface area (Å²) in [6, 6.07) is 0. The molecular weight excluding hydrogens is 575 g/mol. The van der Waals surface area contributed by atoms with Gasteiger partial charge in [0.05, 0.1) is 12.4 Å². The zero-order valence-electron chi connectivity index (χ0n) is 19.9. The van der Waals surface area contributed by atoms with Crippen molar-refractivity contribution in [3.8, 4) is 0 Å². The molecule has 0 radical (unpaired) electrons. The molecule has 210 valence electrons. The van der Waals surface area contributed by atoms with Crippen molar-refractivity contribution in [3.05, 3.63) is 38.8 Å². The van der Waals surface area contributed by atoms with Crippen molar-refractivity contribution in [2.75, 3.05) is 41.3 Å². The van der Waals surface area contributed by atoms with Crippen LogP contribution < -0.4 is 15.1 Å². The standard InChI is InChI=1S/C10H9ClF2N6O.C10H11ClF2N4O2/c11-7-8(19-3-1-10(12,13)2-4-19)15-5-6(16-7)9(20)17-18-14;11-7-8(14-5-6(15-7)16-9(18)19)17-3-1-10(12,13)2-4-17/h5H,1-4H2;5H,1-4H2,(H,15,16)(H,18,19). The first-order chi connectivity index (χ1) is 18.3. The molecule has 0 atom stereocenters. The average molecular weight is 595 g/mol. The first-order valence-corrected chi connectivity index (χ1v) is 12.0. The molecule has 0 spiro atoms. The molecule has 2 amide bonds. The number of hydrogen-bond acceptors (Lipinski definition) is 8. The van der Waals surface area contributed by atoms with Gasteiger partial charge in [0.1, 0.15) is 5.69 Å². The van der Waals surface area contributed by atoms with E-state index in [4.69, 9.17) is 33.8 Å². The number of carbonyl (C=O) groups is 2. The van der Waals surface area contributed by atoms with Crippen molar-refractivity contribution in [3.63, 3.8) is 0 Å². The van der Waals surface area contributed by atoms with Gasteiger partial charge in [0.15, 0.2) is 27.8 Å². The molecular formula is C20H20Cl2F4N10O3. The predicted octanol–water partition coefficient (Wildman–Crippen LogP) is 5.27. The van der Waals surface area contributed by atoms with Crippen LogP contribution in [0.1, 0.15) is 36.2 Å². The molecule has 4 rings (SSSR count). The van der Waals surface area contributed by atoms with Crippen LogP contribution in [0.3, 0.4) is 0 Å². The minimum absolute atomic E-state index is 0.0106. The van der Waals surface area contributed by atoms with Gasteiger partial charge in [0.25, 0.3) is 17.8 Å². The molecule has 2 fully saturated rings. The Kier molecular flexibility index (Phi) is 9.53. The van der Waals surface area contributed by atoms with Gasteiger partial charge in [-0.2, -0.15) is 0 Å². The minimum Gasteiger partial charge on any atom is -0.465 e. The summed E-state index contributed by atoms with van der Waals surface area (Å²) in [7, 11) is 0. The Morgan fingerprint density at radius 1 is 0.923 bits per heavy atom. The quantitative estimate of drug-likeness (QED) is 0.207. The van der Waals surface area contributed by atoms with Crippen LogP contribution in [-0.2, 0) is 0 Å². The SMILES string of the molecule is O=C(O)Nc1cnc(N2CCC(F)(F)CC2)c(Cl)n1.[N-]=[N+]=NC(=O)c1cnc(N2CCC(F)(F)CC2)c(Cl)n1. The number of aromatic nitrogens is 4. The fourth-order valence-electron chi connectivity index (χ4n) is 3.60. The van der Waals surface area contributed by atoms with E-state index in [-0.39, 0.29) is 85.3 Å². The summed E-state index contributed by atoms with van der Waals surface area (Å²) in [5.74, 6) is -5.72. The summed E-state index contributed by atoms with van der Waals surface area (Å²) < 4.78 is 52.2. The highest BCUT2D eigenvalue weighted by Gasteiger charge is 2.36. The number of azide groups is 1. The van der Waals surface area contributed by atoms with Gasteiger partial charge in [0.2, 0.25) is 0 Å². The number of anilines is 3. The molecule has 0 saturated carbocycles. The van der Waals surface area contributed by atoms with Crippen LogP contribution in [0.5, 0.6) is 0 Å². The fraction of sp³-hybridized carbons (Fsp3) is 0.500. The maximum Gasteiger partial charge on any atom is 0.410 e. The summed E-state index contributed by atoms with van der Waals surface area (Å²) in [4.78, 5) is 42.7. The molecule has 0 bridgehead atoms. The van der Waals surface area contributed by atoms with Crippen molar-refractivity contribution in [2.24, 2.45) is 5.11 Å². The second-order valence-corrected chi connectivity index (χ2v) is 9.07. The first-order valence-electron chi connectivity index (χ1n) is 11.2. The number of rotatable bonds is 4. The van der Waals surface area contributed by atoms with Gasteiger partial charge in [-0.1, -0.05) is 23.2 Å². The highest BCUT2D eigenvalue weighted by atomic mass is 35.5. The Labute approximate surface area is 227 Å². The van der Waals surface area contributed by atoms with Crippen molar-refractivity contribution >= 4 is 52.7 Å². The Bertz CT molecular complexity index is 1260. The van der Waals surface area contributed by atoms with E-state index in [0.717, 1.165) is 6.20 Å². The molecule has 2 saturated heterocycles. The third-order valence-corrected chi connectivity index (χ3v) is 6.11. The molecule has 13 nitrogen and oxygen atoms in total. The zero-order valence-corrected chi connectivity index (χ0v) is 21.4. The summed E-state index contributed by atoms with van der Waals surface area (Å²) in [6.45, 7) is 0.469. The van der Waals surface area contributed by atoms with E-state index in [1.165, 1.54) is 6.20 Å². The van der Waals surface area contributed by atoms with Crippen molar-refractivity contribution < 1.29 is 32.3 Å². The van der Waals surface area contributed by atoms with Crippen LogP contribution in [0.25, 0.3) is 10.4 Å². The third-order valence-electron chi connectivity index (χ3n) is 5.60. The Balaban J connectivity index is 0.000000216. The zero-order chi connectivity index (χ0) is 28.8. The van der Waals surface area contributed by atoms with Crippen molar-refractivity contribution in [1.82, 2.24) is 19.9 Å². The van der Waals surface area contributed by atoms with E-state index in [9.17, 15) is 27.2 Å². The smallest absolute Gasteiger partial charge is 0.410 e. The van der Waals surface area contributed by atoms with E-state index in [2.05, 4.69) is 30.0 Å². The lowest BCUT2D eigenvalue weighted by Gasteiger charge is -2.32. The number of alkyl halides is 4. The summed E-state index contributed by atoms with van der Waals surface area (Å²) in [5, 5.41) is 13.3. The maximum absolute atomic E-state index is 13.1. The molecule has 2 aromatic rings. The van der Waals surface area contributed by atoms with Gasteiger partial charge in [-0.05, 0) is 10.6 Å². The van der Waals surface area contributed by atoms with Crippen LogP contribution in [0, 0.1) is 0 Å². The van der Waals surface area contributed by atoms with Gasteiger partial charge in [-0.25, -0.2) is 42.3 Å². The lowest BCUT2D eigenvalue weighted by Crippen LogP contribution is -2.40. The molecule has 0 unspecified atom stereocenters. The van der Waals surface area contributed by atoms with E-state index in [1.54, 1.807) is 9.80 Å². The van der Waals surface area contributed by atoms with E-state index in [0.29, 0.717) is 0 Å². The number of carbonyl (C=O) groups excluding carboxylic acids is 1. The molecule has 19 heteroatoms. The number of hydrogen-bond donors (Lipinski definition) is 2. The highest BCUT2D eigenvalue weighted by molar-refractivity contribution is 6.32. The van der Waals surface area contributed by atoms with Crippen LogP contribution in [0.2, 0.25) is 10.3 Å². The molecule has 2 aromatic heterocycles. The van der Waals surface area contributed by atoms with E-state index >= 15 is 0 Å². The molecule has 2 aliphatic rings. The third kappa shape index (κ3) is 8.40. The van der Waals surface area contributed by atoms with Gasteiger partial charge >= 0.3 is 6.09 Å². The van der Waals surface area contributed by atoms with Crippen LogP contribution in [-0.4, -0.2) is 75.1 Å². The number of carboxylic acid groups (broad SMARTS) is 1. The summed E-state index contributed by atoms with van der Waals surface area (Å²) in [6.07, 6.45) is -0.0851. The predicted molar refractivity (Wildman–Crippen MR) is 132 cm³/mol. The number of nitrogens with zero attached hydrogens (tertiary/aromatic N) is 9. The van der Waals surface area contributed by atoms with Gasteiger partial charge in [0, 0.05) is 56.8 Å². The van der Waals surface area contributed by atoms with Crippen LogP contribution >= 0.6 is 23.2 Å². The second kappa shape index (κ2) is 12.4. The lowest BCUT2D eigenvalue weighted by atomic mass is 10.1. The first kappa shape index (κ1) is 29.9. The van der Waals surface area contributed by atoms with Gasteiger partial charge in [-0.15, -0.1) is 0 Å². The lowest BCUT2D eigenvalue weighted by molar-refractivity contribution is -0.0227. The Morgan fingerprint density at radius 3 is 1.79 bits per heavy atom. The van der Waals surface area contributed by atoms with Crippen LogP contribution in [0.15, 0.2) is 17.5 Å². The second-order valence-electron chi connectivity index (χ2n) is 8.35. The molecule has 0 aromatic carbocycles. The van der Waals surface area contributed by atoms with Crippen LogP contribution in [0.4, 0.5) is 39.8 Å². The molecule has 2 N–H and O–H groups in total. The molecule has 2 aliphatic heterocycles. The molecule has 0 aliphatic carbocycles. The van der Waals surface area contributed by atoms with Crippen molar-refractivity contribution in [1.29, 1.82) is 0 Å². The molecule has 4 heterocycles. The number of halogens is 6. The van der Waals surface area contributed by atoms with Crippen molar-refractivity contribution in [2.45, 2.75) is 37.5 Å². The normalized spacial score (nSPS) is 17.8. The van der Waals surface area contributed by atoms with E-state index < -0.39 is 23.8 Å². The number of nitrogens with one attached hydrogen (secondary N) is 1. The topological polar surface area (TPSA) is 173 Å². The molecule has 39 heavy (non-hydrogen) atoms. The Hall–Kier alpha value is -3.69. The monoisotopic (exact) mass is 594 g/mol. The number of amides is 2. The highest BCUT2D eigenvalue weighted by Crippen LogP contribution is 2.33. The van der Waals surface area contributed by atoms with E-state index in [1.807, 2.05) is 5.32 Å². The average Bonchev–Trinajstić information content (AvgIpc) is 2.85. The van der Waals surface area contributed by atoms with Gasteiger partial charge in [-0.3, -0.25) is 10.1 Å². The number of piperidine rings is 2. The van der Waals surface area contributed by atoms with Gasteiger partial charge < -0.3 is 14.9 Å². The Morgan fingerprint density at radius 2 is 1.38 bits per heavy atom. The fourth-order valence-corrected chi connectivity index (χ4v) is 4.12. The minimum atomic E-state index is -2.67. The largest absolute Gasteiger partial charge is 0.465 e. The summed E-state index contributed by atoms with van der Waals surface area (Å²) >= 11 is 11.8. The summed E-state index contributed by atoms with van der Waals surface area (Å²) in [5.41, 5.74) is 7.96. The maximum atomic E-state index is 13.1.